The van der Waals surface area contributed by atoms with Gasteiger partial charge in [0.05, 0.1) is 24.8 Å². The van der Waals surface area contributed by atoms with Gasteiger partial charge in [0.25, 0.3) is 0 Å². The first-order valence-electron chi connectivity index (χ1n) is 24.1. The van der Waals surface area contributed by atoms with Gasteiger partial charge in [-0.25, -0.2) is 0 Å². The minimum atomic E-state index is -1.18. The van der Waals surface area contributed by atoms with Crippen LogP contribution >= 0.6 is 0 Å². The van der Waals surface area contributed by atoms with Gasteiger partial charge in [-0.05, 0) is 200 Å². The summed E-state index contributed by atoms with van der Waals surface area (Å²) in [6, 6.07) is -1.18. The van der Waals surface area contributed by atoms with Crippen molar-refractivity contribution in [1.29, 1.82) is 0 Å². The number of esters is 5. The van der Waals surface area contributed by atoms with E-state index in [1.54, 1.807) is 41.5 Å². The van der Waals surface area contributed by atoms with Gasteiger partial charge in [0, 0.05) is 6.42 Å². The van der Waals surface area contributed by atoms with Gasteiger partial charge in [0.1, 0.15) is 28.5 Å². The first kappa shape index (κ1) is 52.6. The van der Waals surface area contributed by atoms with Gasteiger partial charge < -0.3 is 29.4 Å². The highest BCUT2D eigenvalue weighted by molar-refractivity contribution is 5.95. The van der Waals surface area contributed by atoms with Crippen LogP contribution in [0, 0.1) is 58.2 Å². The van der Waals surface area contributed by atoms with Crippen molar-refractivity contribution in [1.82, 2.24) is 0 Å². The maximum atomic E-state index is 13.9. The molecule has 12 heteroatoms. The molecule has 0 aromatic carbocycles. The molecule has 0 amide bonds. The standard InChI is InChI=1S/C51H85NO11/c1-30(16-18-35(44(57)62-48(8,9)10)45(58)63-49(11,12)13)36-20-21-37-34-19-17-32-28-33(22-24-50(32,14)38(34)23-25-51(36,37)15)59-43(56)31(27-41(54)60-46(2,3)4)26-40(53)39(52)29-42(55)61-47(5,6)7/h30-39H,16-29,52H2,1-15H3/t30-,31+,32?,33-,34?,36?,37?,38?,39+,50+,51-/m1/s1. The highest BCUT2D eigenvalue weighted by Crippen LogP contribution is 2.68. The van der Waals surface area contributed by atoms with Crippen molar-refractivity contribution in [3.8, 4) is 0 Å². The van der Waals surface area contributed by atoms with Crippen molar-refractivity contribution >= 4 is 35.6 Å². The van der Waals surface area contributed by atoms with Crippen LogP contribution in [-0.4, -0.2) is 70.2 Å². The molecule has 11 atom stereocenters. The van der Waals surface area contributed by atoms with E-state index in [4.69, 9.17) is 29.4 Å². The van der Waals surface area contributed by atoms with Crippen molar-refractivity contribution in [3.63, 3.8) is 0 Å². The number of ether oxygens (including phenoxy) is 5. The summed E-state index contributed by atoms with van der Waals surface area (Å²) in [6.07, 6.45) is 9.05. The Morgan fingerprint density at radius 1 is 0.587 bits per heavy atom. The Morgan fingerprint density at radius 2 is 1.10 bits per heavy atom. The van der Waals surface area contributed by atoms with Crippen LogP contribution in [-0.2, 0) is 52.5 Å². The topological polar surface area (TPSA) is 175 Å². The Balaban J connectivity index is 1.40. The Labute approximate surface area is 379 Å². The zero-order chi connectivity index (χ0) is 47.7. The van der Waals surface area contributed by atoms with Gasteiger partial charge in [0.15, 0.2) is 11.7 Å². The molecule has 2 N–H and O–H groups in total. The Kier molecular flexibility index (Phi) is 16.6. The molecule has 0 heterocycles. The second-order valence-corrected chi connectivity index (χ2v) is 24.4. The van der Waals surface area contributed by atoms with Crippen molar-refractivity contribution in [2.45, 2.75) is 228 Å². The quantitative estimate of drug-likeness (QED) is 0.0938. The monoisotopic (exact) mass is 888 g/mol. The molecule has 0 spiro atoms. The summed E-state index contributed by atoms with van der Waals surface area (Å²) in [5.41, 5.74) is 3.50. The number of rotatable bonds is 15. The summed E-state index contributed by atoms with van der Waals surface area (Å²) >= 11 is 0. The average molecular weight is 888 g/mol. The van der Waals surface area contributed by atoms with Gasteiger partial charge in [-0.3, -0.25) is 28.8 Å². The third kappa shape index (κ3) is 14.2. The van der Waals surface area contributed by atoms with Crippen LogP contribution in [0.3, 0.4) is 0 Å². The highest BCUT2D eigenvalue weighted by atomic mass is 16.6. The summed E-state index contributed by atoms with van der Waals surface area (Å²) in [7, 11) is 0. The van der Waals surface area contributed by atoms with Crippen molar-refractivity contribution < 1.29 is 52.5 Å². The summed E-state index contributed by atoms with van der Waals surface area (Å²) < 4.78 is 28.5. The predicted octanol–water partition coefficient (Wildman–Crippen LogP) is 9.64. The maximum Gasteiger partial charge on any atom is 0.320 e. The molecule has 360 valence electrons. The molecule has 4 saturated carbocycles. The van der Waals surface area contributed by atoms with Crippen LogP contribution in [0.4, 0.5) is 0 Å². The second kappa shape index (κ2) is 19.8. The number of hydrogen-bond donors (Lipinski definition) is 1. The summed E-state index contributed by atoms with van der Waals surface area (Å²) in [5, 5.41) is 0. The molecular formula is C51H85NO11. The van der Waals surface area contributed by atoms with Gasteiger partial charge in [0.2, 0.25) is 0 Å². The zero-order valence-corrected chi connectivity index (χ0v) is 41.7. The van der Waals surface area contributed by atoms with Crippen LogP contribution in [0.1, 0.15) is 194 Å². The van der Waals surface area contributed by atoms with E-state index in [9.17, 15) is 28.8 Å². The van der Waals surface area contributed by atoms with E-state index in [1.807, 2.05) is 41.5 Å². The lowest BCUT2D eigenvalue weighted by molar-refractivity contribution is -0.175. The third-order valence-corrected chi connectivity index (χ3v) is 14.8. The fraction of sp³-hybridized carbons (Fsp3) is 0.882. The Morgan fingerprint density at radius 3 is 1.63 bits per heavy atom. The molecule has 0 radical (unpaired) electrons. The molecule has 4 rings (SSSR count). The van der Waals surface area contributed by atoms with E-state index in [0.717, 1.165) is 51.4 Å². The lowest BCUT2D eigenvalue weighted by Gasteiger charge is -2.61. The number of hydrogen-bond acceptors (Lipinski definition) is 12. The SMILES string of the molecule is C[C@H](CCC(C(=O)OC(C)(C)C)C(=O)OC(C)(C)C)C1CCC2C3CCC4C[C@H](OC(=O)[C@H](CC(=O)OC(C)(C)C)CC(=O)[C@@H](N)CC(=O)OC(C)(C)C)CC[C@]4(C)C3CC[C@@]21C. The fourth-order valence-corrected chi connectivity index (χ4v) is 12.2. The van der Waals surface area contributed by atoms with Crippen LogP contribution in [0.15, 0.2) is 0 Å². The lowest BCUT2D eigenvalue weighted by atomic mass is 9.44. The first-order chi connectivity index (χ1) is 28.7. The third-order valence-electron chi connectivity index (χ3n) is 14.8. The molecule has 4 fully saturated rings. The molecule has 0 aliphatic heterocycles. The molecule has 12 nitrogen and oxygen atoms in total. The van der Waals surface area contributed by atoms with Gasteiger partial charge >= 0.3 is 29.8 Å². The molecule has 0 saturated heterocycles. The minimum absolute atomic E-state index is 0.116. The lowest BCUT2D eigenvalue weighted by Crippen LogP contribution is -2.54. The van der Waals surface area contributed by atoms with Crippen LogP contribution in [0.2, 0.25) is 0 Å². The molecule has 4 aliphatic rings. The van der Waals surface area contributed by atoms with Crippen LogP contribution in [0.5, 0.6) is 0 Å². The summed E-state index contributed by atoms with van der Waals surface area (Å²) in [5.74, 6) is -2.39. The number of nitrogens with two attached hydrogens (primary N) is 1. The Bertz CT molecular complexity index is 1630. The van der Waals surface area contributed by atoms with Gasteiger partial charge in [-0.1, -0.05) is 20.8 Å². The average Bonchev–Trinajstić information content (AvgIpc) is 3.45. The molecule has 4 aliphatic carbocycles. The molecule has 5 unspecified atom stereocenters. The molecular weight excluding hydrogens is 803 g/mol. The van der Waals surface area contributed by atoms with Crippen molar-refractivity contribution in [2.75, 3.05) is 0 Å². The number of ketones is 1. The molecule has 0 bridgehead atoms. The second-order valence-electron chi connectivity index (χ2n) is 24.4. The van der Waals surface area contributed by atoms with Gasteiger partial charge in [-0.2, -0.15) is 0 Å². The smallest absolute Gasteiger partial charge is 0.320 e. The van der Waals surface area contributed by atoms with Crippen LogP contribution < -0.4 is 5.73 Å². The van der Waals surface area contributed by atoms with E-state index in [1.165, 1.54) is 6.42 Å². The normalized spacial score (nSPS) is 30.1. The molecule has 63 heavy (non-hydrogen) atoms. The zero-order valence-electron chi connectivity index (χ0n) is 41.7. The number of carbonyl (C=O) groups excluding carboxylic acids is 6. The van der Waals surface area contributed by atoms with E-state index >= 15 is 0 Å². The van der Waals surface area contributed by atoms with E-state index < -0.39 is 75.9 Å². The largest absolute Gasteiger partial charge is 0.462 e. The first-order valence-corrected chi connectivity index (χ1v) is 24.1. The minimum Gasteiger partial charge on any atom is -0.462 e. The summed E-state index contributed by atoms with van der Waals surface area (Å²) in [6.45, 7) is 28.6. The van der Waals surface area contributed by atoms with E-state index in [-0.39, 0.29) is 36.2 Å². The van der Waals surface area contributed by atoms with Gasteiger partial charge in [-0.15, -0.1) is 0 Å². The number of fused-ring (bicyclic) bond motifs is 5. The maximum absolute atomic E-state index is 13.9. The number of carbonyl (C=O) groups is 6. The predicted molar refractivity (Wildman–Crippen MR) is 241 cm³/mol. The van der Waals surface area contributed by atoms with E-state index in [2.05, 4.69) is 20.8 Å². The molecule has 0 aromatic rings. The fourth-order valence-electron chi connectivity index (χ4n) is 12.2. The van der Waals surface area contributed by atoms with Crippen molar-refractivity contribution in [2.24, 2.45) is 63.9 Å². The van der Waals surface area contributed by atoms with Crippen LogP contribution in [0.25, 0.3) is 0 Å². The summed E-state index contributed by atoms with van der Waals surface area (Å²) in [4.78, 5) is 79.3. The molecule has 0 aromatic heterocycles. The number of Topliss-reactive ketones (excluding diaryl/α,β-unsaturated/α-hetero) is 1. The van der Waals surface area contributed by atoms with Crippen molar-refractivity contribution in [3.05, 3.63) is 0 Å². The van der Waals surface area contributed by atoms with E-state index in [0.29, 0.717) is 48.3 Å². The highest BCUT2D eigenvalue weighted by Gasteiger charge is 2.61. The Hall–Kier alpha value is -3.02.